The lowest BCUT2D eigenvalue weighted by Gasteiger charge is -2.23. The van der Waals surface area contributed by atoms with E-state index in [4.69, 9.17) is 9.84 Å². The lowest BCUT2D eigenvalue weighted by atomic mass is 10.1. The summed E-state index contributed by atoms with van der Waals surface area (Å²) in [6, 6.07) is 6.03. The highest BCUT2D eigenvalue weighted by Gasteiger charge is 2.15. The number of rotatable bonds is 3. The molecule has 0 bridgehead atoms. The van der Waals surface area contributed by atoms with Gasteiger partial charge in [0, 0.05) is 5.54 Å². The van der Waals surface area contributed by atoms with E-state index in [2.05, 4.69) is 10.6 Å². The maximum Gasteiger partial charge on any atom is 0.318 e. The molecule has 0 aliphatic heterocycles. The Bertz CT molecular complexity index is 396. The summed E-state index contributed by atoms with van der Waals surface area (Å²) >= 11 is 0. The first-order valence-electron chi connectivity index (χ1n) is 5.80. The van der Waals surface area contributed by atoms with Gasteiger partial charge >= 0.3 is 6.03 Å². The number of hydrogen-bond donors (Lipinski definition) is 3. The fourth-order valence-corrected chi connectivity index (χ4v) is 1.32. The standard InChI is InChI=1S/C13H20N2O3/c1-9(14-12(17)15-13(2,3)4)18-11-7-5-10(16)6-8-11/h5-9,16H,1-4H3,(H2,14,15,17). The van der Waals surface area contributed by atoms with Crippen LogP contribution in [0.15, 0.2) is 24.3 Å². The van der Waals surface area contributed by atoms with Crippen molar-refractivity contribution in [3.05, 3.63) is 24.3 Å². The second kappa shape index (κ2) is 5.62. The summed E-state index contributed by atoms with van der Waals surface area (Å²) in [5.74, 6) is 0.754. The molecular weight excluding hydrogens is 232 g/mol. The van der Waals surface area contributed by atoms with Gasteiger partial charge in [0.1, 0.15) is 11.5 Å². The van der Waals surface area contributed by atoms with Gasteiger partial charge in [-0.2, -0.15) is 0 Å². The van der Waals surface area contributed by atoms with Gasteiger partial charge in [-0.3, -0.25) is 0 Å². The first-order chi connectivity index (χ1) is 8.26. The molecule has 0 saturated heterocycles. The van der Waals surface area contributed by atoms with Crippen LogP contribution in [-0.4, -0.2) is 22.9 Å². The molecule has 0 aromatic heterocycles. The van der Waals surface area contributed by atoms with Gasteiger partial charge in [0.25, 0.3) is 0 Å². The van der Waals surface area contributed by atoms with Gasteiger partial charge in [0.05, 0.1) is 0 Å². The smallest absolute Gasteiger partial charge is 0.318 e. The lowest BCUT2D eigenvalue weighted by molar-refractivity contribution is 0.173. The van der Waals surface area contributed by atoms with E-state index in [-0.39, 0.29) is 17.3 Å². The van der Waals surface area contributed by atoms with Crippen molar-refractivity contribution in [1.82, 2.24) is 10.6 Å². The molecular formula is C13H20N2O3. The monoisotopic (exact) mass is 252 g/mol. The summed E-state index contributed by atoms with van der Waals surface area (Å²) in [6.07, 6.45) is -0.461. The fourth-order valence-electron chi connectivity index (χ4n) is 1.32. The van der Waals surface area contributed by atoms with Crippen LogP contribution in [0, 0.1) is 0 Å². The zero-order chi connectivity index (χ0) is 13.8. The van der Waals surface area contributed by atoms with Gasteiger partial charge < -0.3 is 20.5 Å². The molecule has 0 spiro atoms. The Morgan fingerprint density at radius 1 is 1.28 bits per heavy atom. The second-order valence-corrected chi connectivity index (χ2v) is 5.10. The number of benzene rings is 1. The normalized spacial score (nSPS) is 12.7. The maximum absolute atomic E-state index is 11.6. The van der Waals surface area contributed by atoms with E-state index < -0.39 is 6.23 Å². The van der Waals surface area contributed by atoms with E-state index in [1.54, 1.807) is 19.1 Å². The number of phenolic OH excluding ortho intramolecular Hbond substituents is 1. The quantitative estimate of drug-likeness (QED) is 0.722. The number of nitrogens with one attached hydrogen (secondary N) is 2. The summed E-state index contributed by atoms with van der Waals surface area (Å²) in [5, 5.41) is 14.6. The van der Waals surface area contributed by atoms with Crippen molar-refractivity contribution in [3.8, 4) is 11.5 Å². The molecule has 0 radical (unpaired) electrons. The molecule has 1 rings (SSSR count). The SMILES string of the molecule is CC(NC(=O)NC(C)(C)C)Oc1ccc(O)cc1. The third-order valence-corrected chi connectivity index (χ3v) is 1.97. The van der Waals surface area contributed by atoms with Crippen molar-refractivity contribution in [2.45, 2.75) is 39.5 Å². The van der Waals surface area contributed by atoms with Gasteiger partial charge in [0.2, 0.25) is 0 Å². The minimum absolute atomic E-state index is 0.174. The molecule has 3 N–H and O–H groups in total. The molecule has 0 saturated carbocycles. The Hall–Kier alpha value is -1.91. The second-order valence-electron chi connectivity index (χ2n) is 5.10. The predicted octanol–water partition coefficient (Wildman–Crippen LogP) is 2.21. The molecule has 1 aromatic rings. The number of hydrogen-bond acceptors (Lipinski definition) is 3. The third-order valence-electron chi connectivity index (χ3n) is 1.97. The Morgan fingerprint density at radius 2 is 1.83 bits per heavy atom. The maximum atomic E-state index is 11.6. The molecule has 0 aliphatic rings. The molecule has 5 nitrogen and oxygen atoms in total. The number of phenols is 1. The fraction of sp³-hybridized carbons (Fsp3) is 0.462. The van der Waals surface area contributed by atoms with Crippen molar-refractivity contribution in [2.24, 2.45) is 0 Å². The van der Waals surface area contributed by atoms with Crippen LogP contribution in [0.5, 0.6) is 11.5 Å². The van der Waals surface area contributed by atoms with E-state index in [1.807, 2.05) is 20.8 Å². The average molecular weight is 252 g/mol. The Balaban J connectivity index is 2.44. The molecule has 0 heterocycles. The number of aromatic hydroxyl groups is 1. The van der Waals surface area contributed by atoms with E-state index in [0.717, 1.165) is 0 Å². The summed E-state index contributed by atoms with van der Waals surface area (Å²) in [4.78, 5) is 11.6. The molecule has 0 aliphatic carbocycles. The Labute approximate surface area is 107 Å². The topological polar surface area (TPSA) is 70.6 Å². The number of carbonyl (C=O) groups excluding carboxylic acids is 1. The summed E-state index contributed by atoms with van der Waals surface area (Å²) in [5.41, 5.74) is -0.289. The van der Waals surface area contributed by atoms with Crippen molar-refractivity contribution in [2.75, 3.05) is 0 Å². The molecule has 2 amide bonds. The van der Waals surface area contributed by atoms with Crippen LogP contribution in [-0.2, 0) is 0 Å². The van der Waals surface area contributed by atoms with Crippen LogP contribution < -0.4 is 15.4 Å². The van der Waals surface area contributed by atoms with E-state index in [0.29, 0.717) is 5.75 Å². The number of amides is 2. The van der Waals surface area contributed by atoms with E-state index in [9.17, 15) is 4.79 Å². The van der Waals surface area contributed by atoms with Crippen molar-refractivity contribution < 1.29 is 14.6 Å². The Morgan fingerprint density at radius 3 is 2.33 bits per heavy atom. The highest BCUT2D eigenvalue weighted by atomic mass is 16.5. The summed E-state index contributed by atoms with van der Waals surface area (Å²) < 4.78 is 5.47. The number of ether oxygens (including phenoxy) is 1. The minimum atomic E-state index is -0.461. The Kier molecular flexibility index (Phi) is 4.42. The molecule has 18 heavy (non-hydrogen) atoms. The molecule has 1 aromatic carbocycles. The van der Waals surface area contributed by atoms with Crippen molar-refractivity contribution in [3.63, 3.8) is 0 Å². The largest absolute Gasteiger partial charge is 0.508 e. The van der Waals surface area contributed by atoms with Crippen molar-refractivity contribution in [1.29, 1.82) is 0 Å². The molecule has 1 atom stereocenters. The van der Waals surface area contributed by atoms with Crippen LogP contribution in [0.1, 0.15) is 27.7 Å². The van der Waals surface area contributed by atoms with Crippen molar-refractivity contribution >= 4 is 6.03 Å². The highest BCUT2D eigenvalue weighted by Crippen LogP contribution is 2.16. The average Bonchev–Trinajstić information content (AvgIpc) is 2.18. The molecule has 1 unspecified atom stereocenters. The zero-order valence-corrected chi connectivity index (χ0v) is 11.2. The number of urea groups is 1. The molecule has 100 valence electrons. The predicted molar refractivity (Wildman–Crippen MR) is 69.6 cm³/mol. The van der Waals surface area contributed by atoms with E-state index in [1.165, 1.54) is 12.1 Å². The summed E-state index contributed by atoms with van der Waals surface area (Å²) in [7, 11) is 0. The van der Waals surface area contributed by atoms with Gasteiger partial charge in [-0.25, -0.2) is 4.79 Å². The van der Waals surface area contributed by atoms with Crippen LogP contribution in [0.3, 0.4) is 0 Å². The lowest BCUT2D eigenvalue weighted by Crippen LogP contribution is -2.50. The summed E-state index contributed by atoms with van der Waals surface area (Å²) in [6.45, 7) is 7.43. The van der Waals surface area contributed by atoms with E-state index >= 15 is 0 Å². The van der Waals surface area contributed by atoms with Gasteiger partial charge in [-0.05, 0) is 52.0 Å². The number of carbonyl (C=O) groups is 1. The van der Waals surface area contributed by atoms with Gasteiger partial charge in [0.15, 0.2) is 6.23 Å². The van der Waals surface area contributed by atoms with Crippen LogP contribution in [0.4, 0.5) is 4.79 Å². The van der Waals surface area contributed by atoms with Gasteiger partial charge in [-0.15, -0.1) is 0 Å². The highest BCUT2D eigenvalue weighted by molar-refractivity contribution is 5.74. The minimum Gasteiger partial charge on any atom is -0.508 e. The molecule has 5 heteroatoms. The van der Waals surface area contributed by atoms with Gasteiger partial charge in [-0.1, -0.05) is 0 Å². The molecule has 0 fully saturated rings. The van der Waals surface area contributed by atoms with Crippen LogP contribution in [0.25, 0.3) is 0 Å². The van der Waals surface area contributed by atoms with Crippen LogP contribution in [0.2, 0.25) is 0 Å². The first-order valence-corrected chi connectivity index (χ1v) is 5.80. The zero-order valence-electron chi connectivity index (χ0n) is 11.2. The first kappa shape index (κ1) is 14.2. The van der Waals surface area contributed by atoms with Crippen LogP contribution >= 0.6 is 0 Å². The third kappa shape index (κ3) is 5.43.